The van der Waals surface area contributed by atoms with Crippen molar-refractivity contribution < 1.29 is 0 Å². The predicted octanol–water partition coefficient (Wildman–Crippen LogP) is 21.4. The van der Waals surface area contributed by atoms with Gasteiger partial charge in [0.1, 0.15) is 19.4 Å². The molecule has 0 aromatic heterocycles. The molecule has 0 aliphatic heterocycles. The number of halogens is 18. The first-order chi connectivity index (χ1) is 23.9. The van der Waals surface area contributed by atoms with Crippen LogP contribution in [-0.2, 0) is 6.47 Å². The molecule has 18 heteroatoms. The van der Waals surface area contributed by atoms with Crippen LogP contribution in [0.4, 0.5) is 0 Å². The van der Waals surface area contributed by atoms with Crippen LogP contribution >= 0.6 is 287 Å². The lowest BCUT2D eigenvalue weighted by molar-refractivity contribution is 0.605. The lowest BCUT2D eigenvalue weighted by atomic mass is 9.93. The van der Waals surface area contributed by atoms with Crippen molar-refractivity contribution in [2.75, 3.05) is 0 Å². The monoisotopic (exact) mass is 1840 g/mol. The molecule has 0 heterocycles. The first-order valence-corrected chi connectivity index (χ1v) is 28.4. The Morgan fingerprint density at radius 2 is 0.865 bits per heavy atom. The molecular weight excluding hydrogens is 1850 g/mol. The average Bonchev–Trinajstić information content (AvgIpc) is 3.08. The number of alkyl halides is 12. The topological polar surface area (TPSA) is 0 Å². The third-order valence-electron chi connectivity index (χ3n) is 8.65. The summed E-state index contributed by atoms with van der Waals surface area (Å²) in [7, 11) is 0. The summed E-state index contributed by atoms with van der Waals surface area (Å²) >= 11 is 72.8. The number of hydrogen-bond donors (Lipinski definition) is 0. The summed E-state index contributed by atoms with van der Waals surface area (Å²) in [5, 5.41) is 8.62. The maximum absolute atomic E-state index is 4.17. The molecule has 0 radical (unpaired) electrons. The number of hydrogen-bond acceptors (Lipinski definition) is 0. The summed E-state index contributed by atoms with van der Waals surface area (Å²) in [4.78, 5) is 0. The number of fused-ring (bicyclic) bond motifs is 6. The van der Waals surface area contributed by atoms with Gasteiger partial charge >= 0.3 is 0 Å². The lowest BCUT2D eigenvalue weighted by Gasteiger charge is -2.55. The van der Waals surface area contributed by atoms with Crippen LogP contribution in [0.25, 0.3) is 43.1 Å². The van der Waals surface area contributed by atoms with Crippen molar-refractivity contribution in [3.63, 3.8) is 0 Å². The van der Waals surface area contributed by atoms with Crippen molar-refractivity contribution in [2.24, 2.45) is 0 Å². The van der Waals surface area contributed by atoms with E-state index < -0.39 is 19.4 Å². The second-order valence-electron chi connectivity index (χ2n) is 11.5. The molecule has 0 fully saturated rings. The first kappa shape index (κ1) is 46.5. The molecule has 6 aromatic rings. The van der Waals surface area contributed by atoms with E-state index in [0.717, 1.165) is 70.3 Å². The fourth-order valence-electron chi connectivity index (χ4n) is 6.00. The normalized spacial score (nSPS) is 14.0. The molecule has 0 nitrogen and oxygen atoms in total. The Hall–Kier alpha value is 5.00. The van der Waals surface area contributed by atoms with E-state index >= 15 is 0 Å². The van der Waals surface area contributed by atoms with Gasteiger partial charge in [0, 0.05) is 43.2 Å². The Bertz CT molecular complexity index is 2450. The molecule has 0 amide bonds. The van der Waals surface area contributed by atoms with Crippen molar-refractivity contribution in [3.05, 3.63) is 111 Å². The zero-order valence-corrected chi connectivity index (χ0v) is 53.3. The van der Waals surface area contributed by atoms with Gasteiger partial charge in [0.25, 0.3) is 0 Å². The molecule has 0 bridgehead atoms. The summed E-state index contributed by atoms with van der Waals surface area (Å²) < 4.78 is -1.03. The second kappa shape index (κ2) is 16.6. The van der Waals surface area contributed by atoms with Gasteiger partial charge in [0.2, 0.25) is 0 Å². The van der Waals surface area contributed by atoms with E-state index in [1.165, 1.54) is 10.8 Å². The molecule has 0 spiro atoms. The van der Waals surface area contributed by atoms with Crippen molar-refractivity contribution in [1.29, 1.82) is 0 Å². The fourth-order valence-corrected chi connectivity index (χ4v) is 21.5. The van der Waals surface area contributed by atoms with Crippen LogP contribution in [0, 0.1) is 0 Å². The minimum atomic E-state index is -1.12. The smallest absolute Gasteiger partial charge is 0.0675 e. The van der Waals surface area contributed by atoms with Crippen molar-refractivity contribution >= 4 is 330 Å². The summed E-state index contributed by atoms with van der Waals surface area (Å²) in [5.74, 6) is 0. The number of benzene rings is 6. The summed E-state index contributed by atoms with van der Waals surface area (Å²) in [6.07, 6.45) is 0. The van der Waals surface area contributed by atoms with Crippen LogP contribution in [0.2, 0.25) is 0 Å². The highest BCUT2D eigenvalue weighted by Crippen LogP contribution is 2.77. The quantitative estimate of drug-likeness (QED) is 0.0849. The van der Waals surface area contributed by atoms with Crippen LogP contribution in [0.5, 0.6) is 0 Å². The molecular formula is C34H12Br18. The Balaban J connectivity index is 1.55. The van der Waals surface area contributed by atoms with Gasteiger partial charge in [-0.1, -0.05) is 258 Å². The maximum atomic E-state index is 4.17. The highest BCUT2D eigenvalue weighted by Gasteiger charge is 2.74. The second-order valence-corrected chi connectivity index (χ2v) is 37.0. The molecule has 6 aromatic carbocycles. The van der Waals surface area contributed by atoms with Gasteiger partial charge in [0.05, 0.1) is 0 Å². The lowest BCUT2D eigenvalue weighted by Crippen LogP contribution is -2.63. The van der Waals surface area contributed by atoms with E-state index in [2.05, 4.69) is 360 Å². The highest BCUT2D eigenvalue weighted by molar-refractivity contribution is 9.36. The van der Waals surface area contributed by atoms with Crippen molar-refractivity contribution in [1.82, 2.24) is 0 Å². The van der Waals surface area contributed by atoms with E-state index in [9.17, 15) is 0 Å². The zero-order valence-electron chi connectivity index (χ0n) is 24.7. The van der Waals surface area contributed by atoms with Crippen LogP contribution in [0.3, 0.4) is 0 Å². The van der Waals surface area contributed by atoms with Crippen LogP contribution in [-0.4, -0.2) is 12.9 Å². The molecule has 0 aliphatic rings. The molecule has 0 saturated carbocycles. The van der Waals surface area contributed by atoms with Gasteiger partial charge in [-0.2, -0.15) is 0 Å². The Kier molecular flexibility index (Phi) is 14.9. The molecule has 274 valence electrons. The Morgan fingerprint density at radius 3 is 1.50 bits per heavy atom. The van der Waals surface area contributed by atoms with Crippen LogP contribution < -0.4 is 0 Å². The highest BCUT2D eigenvalue weighted by atomic mass is 79.9. The van der Waals surface area contributed by atoms with Gasteiger partial charge in [-0.15, -0.1) is 0 Å². The molecule has 0 aliphatic carbocycles. The summed E-state index contributed by atoms with van der Waals surface area (Å²) in [5.41, 5.74) is 1.88. The molecule has 0 saturated heterocycles. The molecule has 0 unspecified atom stereocenters. The number of rotatable bonds is 7. The summed E-state index contributed by atoms with van der Waals surface area (Å²) in [6.45, 7) is 0. The van der Waals surface area contributed by atoms with E-state index in [1.807, 2.05) is 0 Å². The van der Waals surface area contributed by atoms with Crippen LogP contribution in [0.1, 0.15) is 11.1 Å². The third kappa shape index (κ3) is 7.22. The van der Waals surface area contributed by atoms with Gasteiger partial charge in [-0.25, -0.2) is 0 Å². The van der Waals surface area contributed by atoms with E-state index in [4.69, 9.17) is 0 Å². The summed E-state index contributed by atoms with van der Waals surface area (Å²) in [6, 6.07) is 25.4. The standard InChI is InChI=1S/C34H12Br18/c35-20-12-14-9-11-18-22(21(14)25(37)24(20)36)26(38)28(40)27(39)23(18)30(43,44)32(47,48)34(51,52)33(49,50)31(45,46)29(41,42)19-7-3-6-16-15-5-2-1-4-13(15)8-10-17(16)19/h1-12H. The Morgan fingerprint density at radius 1 is 0.346 bits per heavy atom. The van der Waals surface area contributed by atoms with Gasteiger partial charge in [-0.3, -0.25) is 0 Å². The molecule has 52 heavy (non-hydrogen) atoms. The minimum Gasteiger partial charge on any atom is -0.0675 e. The van der Waals surface area contributed by atoms with Gasteiger partial charge in [-0.05, 0) is 140 Å². The van der Waals surface area contributed by atoms with E-state index in [-0.39, 0.29) is 0 Å². The molecule has 0 N–H and O–H groups in total. The van der Waals surface area contributed by atoms with Crippen LogP contribution in [0.15, 0.2) is 99.6 Å². The predicted molar refractivity (Wildman–Crippen MR) is 291 cm³/mol. The molecule has 6 rings (SSSR count). The largest absolute Gasteiger partial charge is 0.137 e. The van der Waals surface area contributed by atoms with E-state index in [1.54, 1.807) is 0 Å². The third-order valence-corrected chi connectivity index (χ3v) is 39.6. The fraction of sp³-hybridized carbons (Fsp3) is 0.176. The van der Waals surface area contributed by atoms with Crippen molar-refractivity contribution in [2.45, 2.75) is 19.4 Å². The first-order valence-electron chi connectivity index (χ1n) is 14.1. The minimum absolute atomic E-state index is 0.823. The van der Waals surface area contributed by atoms with Gasteiger partial charge < -0.3 is 0 Å². The maximum Gasteiger partial charge on any atom is 0.137 e. The zero-order chi connectivity index (χ0) is 38.7. The van der Waals surface area contributed by atoms with Crippen molar-refractivity contribution in [3.8, 4) is 0 Å². The molecule has 0 atom stereocenters. The Labute approximate surface area is 451 Å². The SMILES string of the molecule is Brc1cc2ccc3c(C(Br)(Br)C(Br)(Br)C(Br)(Br)C(Br)(Br)C(Br)(Br)C(Br)(Br)c4cccc5c4ccc4ccccc45)c(Br)c(Br)c(Br)c3c2c(Br)c1Br. The average molecular weight is 1860 g/mol. The van der Waals surface area contributed by atoms with Gasteiger partial charge in [0.15, 0.2) is 0 Å². The van der Waals surface area contributed by atoms with E-state index in [0.29, 0.717) is 0 Å².